The molecule has 2 fully saturated rings. The summed E-state index contributed by atoms with van der Waals surface area (Å²) in [5, 5.41) is 0. The topological polar surface area (TPSA) is 23.6 Å². The number of amides is 1. The molecule has 3 rings (SSSR count). The molecule has 0 saturated carbocycles. The number of piperidine rings is 1. The van der Waals surface area contributed by atoms with Crippen LogP contribution in [0.4, 0.5) is 0 Å². The summed E-state index contributed by atoms with van der Waals surface area (Å²) in [6.07, 6.45) is 5.20. The van der Waals surface area contributed by atoms with Crippen molar-refractivity contribution in [2.75, 3.05) is 32.9 Å². The molecule has 0 N–H and O–H groups in total. The van der Waals surface area contributed by atoms with E-state index in [1.165, 1.54) is 10.5 Å². The van der Waals surface area contributed by atoms with Gasteiger partial charge in [-0.1, -0.05) is 12.1 Å². The lowest BCUT2D eigenvalue weighted by atomic mass is 9.77. The van der Waals surface area contributed by atoms with E-state index in [1.807, 2.05) is 11.9 Å². The molecule has 1 aromatic rings. The Kier molecular flexibility index (Phi) is 4.27. The Hall–Kier alpha value is -1.00. The van der Waals surface area contributed by atoms with Crippen molar-refractivity contribution < 1.29 is 4.79 Å². The number of hydrogen-bond acceptors (Lipinski definition) is 3. The van der Waals surface area contributed by atoms with Crippen molar-refractivity contribution in [1.29, 1.82) is 0 Å². The highest BCUT2D eigenvalue weighted by Crippen LogP contribution is 2.40. The van der Waals surface area contributed by atoms with Crippen LogP contribution in [0.25, 0.3) is 0 Å². The van der Waals surface area contributed by atoms with Gasteiger partial charge in [-0.2, -0.15) is 0 Å². The maximum atomic E-state index is 11.8. The molecule has 0 unspecified atom stereocenters. The number of nitrogens with zero attached hydrogens (tertiary/aromatic N) is 2. The van der Waals surface area contributed by atoms with Crippen molar-refractivity contribution >= 4 is 17.7 Å². The second-order valence-electron chi connectivity index (χ2n) is 6.55. The Balaban J connectivity index is 1.57. The Bertz CT molecular complexity index is 523. The lowest BCUT2D eigenvalue weighted by molar-refractivity contribution is -0.126. The fourth-order valence-corrected chi connectivity index (χ4v) is 4.14. The van der Waals surface area contributed by atoms with Gasteiger partial charge in [0.25, 0.3) is 0 Å². The molecule has 1 spiro atoms. The van der Waals surface area contributed by atoms with Crippen LogP contribution in [0.3, 0.4) is 0 Å². The molecule has 0 aromatic heterocycles. The summed E-state index contributed by atoms with van der Waals surface area (Å²) in [6.45, 7) is 4.23. The van der Waals surface area contributed by atoms with Crippen LogP contribution in [0.2, 0.25) is 0 Å². The zero-order valence-electron chi connectivity index (χ0n) is 13.0. The Morgan fingerprint density at radius 3 is 2.67 bits per heavy atom. The van der Waals surface area contributed by atoms with Crippen LogP contribution in [-0.4, -0.2) is 48.6 Å². The Labute approximate surface area is 131 Å². The molecule has 2 aliphatic heterocycles. The van der Waals surface area contributed by atoms with Crippen LogP contribution in [0, 0.1) is 5.41 Å². The molecular formula is C17H24N2OS. The van der Waals surface area contributed by atoms with Gasteiger partial charge in [0, 0.05) is 31.5 Å². The van der Waals surface area contributed by atoms with Crippen LogP contribution < -0.4 is 0 Å². The molecule has 2 heterocycles. The highest BCUT2D eigenvalue weighted by molar-refractivity contribution is 7.98. The minimum absolute atomic E-state index is 0.267. The molecule has 0 bridgehead atoms. The average Bonchev–Trinajstić information content (AvgIpc) is 2.77. The fourth-order valence-electron chi connectivity index (χ4n) is 3.65. The van der Waals surface area contributed by atoms with Crippen LogP contribution in [-0.2, 0) is 11.3 Å². The molecule has 21 heavy (non-hydrogen) atoms. The van der Waals surface area contributed by atoms with Crippen molar-refractivity contribution in [1.82, 2.24) is 9.80 Å². The summed E-state index contributed by atoms with van der Waals surface area (Å²) in [5.74, 6) is 0.330. The van der Waals surface area contributed by atoms with Crippen molar-refractivity contribution in [2.45, 2.75) is 30.7 Å². The highest BCUT2D eigenvalue weighted by atomic mass is 32.2. The Morgan fingerprint density at radius 1 is 1.29 bits per heavy atom. The van der Waals surface area contributed by atoms with E-state index in [1.54, 1.807) is 11.8 Å². The summed E-state index contributed by atoms with van der Waals surface area (Å²) in [4.78, 5) is 17.6. The maximum Gasteiger partial charge on any atom is 0.222 e. The molecule has 1 aromatic carbocycles. The molecule has 2 aliphatic rings. The van der Waals surface area contributed by atoms with Crippen LogP contribution in [0.1, 0.15) is 24.8 Å². The zero-order chi connectivity index (χ0) is 14.9. The molecule has 3 nitrogen and oxygen atoms in total. The number of hydrogen-bond donors (Lipinski definition) is 0. The quantitative estimate of drug-likeness (QED) is 0.802. The molecule has 4 heteroatoms. The minimum atomic E-state index is 0.267. The van der Waals surface area contributed by atoms with Crippen molar-refractivity contribution in [3.8, 4) is 0 Å². The van der Waals surface area contributed by atoms with Crippen LogP contribution in [0.5, 0.6) is 0 Å². The van der Waals surface area contributed by atoms with Gasteiger partial charge in [0.05, 0.1) is 0 Å². The van der Waals surface area contributed by atoms with Gasteiger partial charge in [-0.3, -0.25) is 9.69 Å². The lowest BCUT2D eigenvalue weighted by Gasteiger charge is -2.38. The van der Waals surface area contributed by atoms with Crippen LogP contribution >= 0.6 is 11.8 Å². The third-order valence-corrected chi connectivity index (χ3v) is 5.71. The highest BCUT2D eigenvalue weighted by Gasteiger charge is 2.43. The smallest absolute Gasteiger partial charge is 0.222 e. The maximum absolute atomic E-state index is 11.8. The van der Waals surface area contributed by atoms with Crippen molar-refractivity contribution in [3.05, 3.63) is 29.8 Å². The van der Waals surface area contributed by atoms with Crippen LogP contribution in [0.15, 0.2) is 29.2 Å². The molecule has 2 saturated heterocycles. The predicted octanol–water partition coefficient (Wildman–Crippen LogP) is 2.85. The number of benzene rings is 1. The Morgan fingerprint density at radius 2 is 2.05 bits per heavy atom. The SMILES string of the molecule is CSc1cccc(CN2CCC3(CC2)CC(=O)N(C)C3)c1. The monoisotopic (exact) mass is 304 g/mol. The second-order valence-corrected chi connectivity index (χ2v) is 7.43. The van der Waals surface area contributed by atoms with Gasteiger partial charge in [-0.15, -0.1) is 11.8 Å². The number of carbonyl (C=O) groups excluding carboxylic acids is 1. The molecule has 114 valence electrons. The number of carbonyl (C=O) groups is 1. The summed E-state index contributed by atoms with van der Waals surface area (Å²) >= 11 is 1.80. The van der Waals surface area contributed by atoms with E-state index in [4.69, 9.17) is 0 Å². The molecule has 0 radical (unpaired) electrons. The lowest BCUT2D eigenvalue weighted by Crippen LogP contribution is -2.40. The second kappa shape index (κ2) is 6.01. The summed E-state index contributed by atoms with van der Waals surface area (Å²) in [6, 6.07) is 8.83. The van der Waals surface area contributed by atoms with Gasteiger partial charge >= 0.3 is 0 Å². The number of rotatable bonds is 3. The van der Waals surface area contributed by atoms with Gasteiger partial charge in [0.2, 0.25) is 5.91 Å². The number of thioether (sulfide) groups is 1. The number of likely N-dealkylation sites (tertiary alicyclic amines) is 2. The van der Waals surface area contributed by atoms with E-state index in [9.17, 15) is 4.79 Å². The van der Waals surface area contributed by atoms with Gasteiger partial charge in [-0.05, 0) is 55.3 Å². The first-order valence-corrected chi connectivity index (χ1v) is 8.92. The normalized spacial score (nSPS) is 22.2. The van der Waals surface area contributed by atoms with Crippen molar-refractivity contribution in [2.24, 2.45) is 5.41 Å². The molecule has 1 amide bonds. The minimum Gasteiger partial charge on any atom is -0.345 e. The van der Waals surface area contributed by atoms with Gasteiger partial charge in [0.15, 0.2) is 0 Å². The van der Waals surface area contributed by atoms with E-state index < -0.39 is 0 Å². The largest absolute Gasteiger partial charge is 0.345 e. The molecule has 0 atom stereocenters. The first kappa shape index (κ1) is 14.9. The zero-order valence-corrected chi connectivity index (χ0v) is 13.8. The summed E-state index contributed by atoms with van der Waals surface area (Å²) in [7, 11) is 1.94. The molecule has 0 aliphatic carbocycles. The van der Waals surface area contributed by atoms with Gasteiger partial charge in [-0.25, -0.2) is 0 Å². The standard InChI is InChI=1S/C17H24N2OS/c1-18-13-17(11-16(18)20)6-8-19(9-7-17)12-14-4-3-5-15(10-14)21-2/h3-5,10H,6-9,11-13H2,1-2H3. The van der Waals surface area contributed by atoms with E-state index in [0.29, 0.717) is 5.91 Å². The van der Waals surface area contributed by atoms with E-state index in [-0.39, 0.29) is 5.41 Å². The van der Waals surface area contributed by atoms with E-state index >= 15 is 0 Å². The molecular weight excluding hydrogens is 280 g/mol. The third-order valence-electron chi connectivity index (χ3n) is 4.98. The third kappa shape index (κ3) is 3.27. The predicted molar refractivity (Wildman–Crippen MR) is 87.4 cm³/mol. The van der Waals surface area contributed by atoms with Gasteiger partial charge in [0.1, 0.15) is 0 Å². The van der Waals surface area contributed by atoms with E-state index in [2.05, 4.69) is 35.4 Å². The van der Waals surface area contributed by atoms with E-state index in [0.717, 1.165) is 45.4 Å². The van der Waals surface area contributed by atoms with Gasteiger partial charge < -0.3 is 4.90 Å². The average molecular weight is 304 g/mol. The summed E-state index contributed by atoms with van der Waals surface area (Å²) < 4.78 is 0. The summed E-state index contributed by atoms with van der Waals surface area (Å²) in [5.41, 5.74) is 1.67. The first-order valence-electron chi connectivity index (χ1n) is 7.69. The van der Waals surface area contributed by atoms with Crippen molar-refractivity contribution in [3.63, 3.8) is 0 Å². The first-order chi connectivity index (χ1) is 10.1. The fraction of sp³-hybridized carbons (Fsp3) is 0.588.